The standard InChI is InChI=1S/C12H6N2O4.O.V/c15-11(9-3-1-5-13-7-9)17-18-12(16)10-4-2-6-14-8-10;;/h1-3,5-7H;;/q-2;;+2. The van der Waals surface area contributed by atoms with E-state index in [0.717, 1.165) is 17.4 Å². The van der Waals surface area contributed by atoms with Crippen LogP contribution in [0, 0.1) is 12.3 Å². The molecule has 2 rings (SSSR count). The average Bonchev–Trinajstić information content (AvgIpc) is 2.55. The third-order valence-electron chi connectivity index (χ3n) is 1.85. The van der Waals surface area contributed by atoms with E-state index in [1.807, 2.05) is 0 Å². The Balaban J connectivity index is 0.000000956. The minimum atomic E-state index is -0.902. The number of hydrogen-bond donors (Lipinski definition) is 0. The molecule has 2 aromatic rings. The topological polar surface area (TPSA) is 95.5 Å². The molecule has 2 heterocycles. The Kier molecular flexibility index (Phi) is 6.80. The van der Waals surface area contributed by atoms with Gasteiger partial charge in [0.25, 0.3) is 0 Å². The molecule has 0 saturated carbocycles. The first-order valence-corrected chi connectivity index (χ1v) is 5.60. The molecule has 0 aliphatic heterocycles. The number of nitrogens with zero attached hydrogens (tertiary/aromatic N) is 2. The second-order valence-electron chi connectivity index (χ2n) is 3.06. The second-order valence-corrected chi connectivity index (χ2v) is 3.06. The number of hydrogen-bond acceptors (Lipinski definition) is 7. The molecule has 0 radical (unpaired) electrons. The van der Waals surface area contributed by atoms with E-state index in [0.29, 0.717) is 0 Å². The molecular formula is C12H6N2O5V. The zero-order chi connectivity index (χ0) is 14.8. The normalized spacial score (nSPS) is 8.90. The molecule has 0 amide bonds. The average molecular weight is 309 g/mol. The Morgan fingerprint density at radius 3 is 2.50 bits per heavy atom. The van der Waals surface area contributed by atoms with Crippen molar-refractivity contribution in [3.05, 3.63) is 60.2 Å². The zero-order valence-electron chi connectivity index (χ0n) is 9.85. The van der Waals surface area contributed by atoms with Gasteiger partial charge in [0, 0.05) is 12.4 Å². The fraction of sp³-hybridized carbons (Fsp3) is 0. The molecule has 0 bridgehead atoms. The van der Waals surface area contributed by atoms with Crippen molar-refractivity contribution in [1.82, 2.24) is 9.97 Å². The van der Waals surface area contributed by atoms with E-state index >= 15 is 0 Å². The van der Waals surface area contributed by atoms with Gasteiger partial charge in [-0.1, -0.05) is 0 Å². The van der Waals surface area contributed by atoms with Crippen LogP contribution in [0.15, 0.2) is 36.8 Å². The number of pyridine rings is 2. The first-order chi connectivity index (χ1) is 9.77. The van der Waals surface area contributed by atoms with Gasteiger partial charge in [-0.05, 0) is 12.1 Å². The minimum absolute atomic E-state index is 0.0588. The quantitative estimate of drug-likeness (QED) is 0.461. The van der Waals surface area contributed by atoms with Crippen LogP contribution in [0.5, 0.6) is 0 Å². The number of rotatable bonds is 2. The zero-order valence-corrected chi connectivity index (χ0v) is 11.2. The first kappa shape index (κ1) is 15.7. The van der Waals surface area contributed by atoms with Gasteiger partial charge in [0.2, 0.25) is 5.97 Å². The van der Waals surface area contributed by atoms with Crippen molar-refractivity contribution < 1.29 is 40.4 Å². The molecule has 0 aliphatic rings. The van der Waals surface area contributed by atoms with E-state index in [4.69, 9.17) is 3.67 Å². The fourth-order valence-corrected chi connectivity index (χ4v) is 1.05. The van der Waals surface area contributed by atoms with Crippen LogP contribution >= 0.6 is 0 Å². The van der Waals surface area contributed by atoms with Crippen molar-refractivity contribution >= 4 is 11.9 Å². The molecular weight excluding hydrogens is 303 g/mol. The number of aromatic nitrogens is 2. The van der Waals surface area contributed by atoms with E-state index in [2.05, 4.69) is 32.0 Å². The van der Waals surface area contributed by atoms with Crippen LogP contribution in [0.1, 0.15) is 20.7 Å². The van der Waals surface area contributed by atoms with Gasteiger partial charge in [-0.15, -0.1) is 6.20 Å². The molecule has 8 heteroatoms. The molecule has 2 aromatic heterocycles. The summed E-state index contributed by atoms with van der Waals surface area (Å²) in [4.78, 5) is 38.8. The van der Waals surface area contributed by atoms with Gasteiger partial charge < -0.3 is 14.7 Å². The number of carbonyl (C=O) groups excluding carboxylic acids is 2. The molecule has 20 heavy (non-hydrogen) atoms. The second kappa shape index (κ2) is 8.68. The summed E-state index contributed by atoms with van der Waals surface area (Å²) in [5, 5.41) is 0. The van der Waals surface area contributed by atoms with Crippen molar-refractivity contribution in [3.63, 3.8) is 0 Å². The van der Waals surface area contributed by atoms with Gasteiger partial charge in [-0.3, -0.25) is 15.9 Å². The van der Waals surface area contributed by atoms with Gasteiger partial charge in [0.15, 0.2) is 0 Å². The Bertz CT molecular complexity index is 513. The van der Waals surface area contributed by atoms with Crippen LogP contribution in [0.25, 0.3) is 0 Å². The summed E-state index contributed by atoms with van der Waals surface area (Å²) in [5.41, 5.74) is 0.112. The Hall–Kier alpha value is -2.38. The molecule has 0 atom stereocenters. The first-order valence-electron chi connectivity index (χ1n) is 5.03. The van der Waals surface area contributed by atoms with E-state index < -0.39 is 11.9 Å². The van der Waals surface area contributed by atoms with Crippen LogP contribution in [-0.2, 0) is 30.8 Å². The summed E-state index contributed by atoms with van der Waals surface area (Å²) in [5.74, 6) is -1.72. The monoisotopic (exact) mass is 309 g/mol. The molecule has 0 saturated heterocycles. The molecule has 0 aliphatic carbocycles. The van der Waals surface area contributed by atoms with Crippen LogP contribution < -0.4 is 0 Å². The van der Waals surface area contributed by atoms with Crippen molar-refractivity contribution in [2.75, 3.05) is 0 Å². The van der Waals surface area contributed by atoms with E-state index in [1.54, 1.807) is 6.07 Å². The SMILES string of the molecule is O=C(OOC(=O)c1cccnc1)c1[c-]ccn[c-]1.[O]=[V+2]. The van der Waals surface area contributed by atoms with Crippen molar-refractivity contribution in [3.8, 4) is 0 Å². The van der Waals surface area contributed by atoms with Gasteiger partial charge in [-0.2, -0.15) is 11.8 Å². The van der Waals surface area contributed by atoms with Crippen LogP contribution in [0.2, 0.25) is 0 Å². The van der Waals surface area contributed by atoms with Crippen LogP contribution in [-0.4, -0.2) is 21.9 Å². The third kappa shape index (κ3) is 4.71. The van der Waals surface area contributed by atoms with Gasteiger partial charge >= 0.3 is 27.0 Å². The fourth-order valence-electron chi connectivity index (χ4n) is 1.05. The number of carbonyl (C=O) groups is 2. The summed E-state index contributed by atoms with van der Waals surface area (Å²) >= 11 is 1.06. The van der Waals surface area contributed by atoms with Gasteiger partial charge in [0.1, 0.15) is 0 Å². The molecule has 0 spiro atoms. The maximum absolute atomic E-state index is 11.4. The predicted octanol–water partition coefficient (Wildman–Crippen LogP) is 0.884. The Morgan fingerprint density at radius 1 is 1.15 bits per heavy atom. The molecule has 7 nitrogen and oxygen atoms in total. The van der Waals surface area contributed by atoms with E-state index in [9.17, 15) is 9.59 Å². The Morgan fingerprint density at radius 2 is 1.90 bits per heavy atom. The molecule has 99 valence electrons. The van der Waals surface area contributed by atoms with Crippen molar-refractivity contribution in [2.45, 2.75) is 0 Å². The molecule has 0 N–H and O–H groups in total. The summed E-state index contributed by atoms with van der Waals surface area (Å²) < 4.78 is 8.19. The molecule has 0 unspecified atom stereocenters. The van der Waals surface area contributed by atoms with E-state index in [-0.39, 0.29) is 11.1 Å². The predicted molar refractivity (Wildman–Crippen MR) is 57.7 cm³/mol. The van der Waals surface area contributed by atoms with Crippen molar-refractivity contribution in [1.29, 1.82) is 0 Å². The van der Waals surface area contributed by atoms with Gasteiger partial charge in [0.05, 0.1) is 5.56 Å². The molecule has 0 fully saturated rings. The third-order valence-corrected chi connectivity index (χ3v) is 1.85. The van der Waals surface area contributed by atoms with Gasteiger partial charge in [-0.25, -0.2) is 10.9 Å². The van der Waals surface area contributed by atoms with Crippen molar-refractivity contribution in [2.24, 2.45) is 0 Å². The summed E-state index contributed by atoms with van der Waals surface area (Å²) in [7, 11) is 0. The maximum atomic E-state index is 11.4. The summed E-state index contributed by atoms with van der Waals surface area (Å²) in [6.45, 7) is 0. The van der Waals surface area contributed by atoms with Crippen LogP contribution in [0.3, 0.4) is 0 Å². The van der Waals surface area contributed by atoms with E-state index in [1.165, 1.54) is 30.7 Å². The van der Waals surface area contributed by atoms with Crippen LogP contribution in [0.4, 0.5) is 0 Å². The summed E-state index contributed by atoms with van der Waals surface area (Å²) in [6.07, 6.45) is 6.54. The summed E-state index contributed by atoms with van der Waals surface area (Å²) in [6, 6.07) is 6.98. The molecule has 0 aromatic carbocycles. The Labute approximate surface area is 123 Å².